The Kier molecular flexibility index (Phi) is 4.35. The summed E-state index contributed by atoms with van der Waals surface area (Å²) >= 11 is 0. The van der Waals surface area contributed by atoms with Gasteiger partial charge in [-0.1, -0.05) is 12.8 Å². The summed E-state index contributed by atoms with van der Waals surface area (Å²) in [6, 6.07) is 0. The summed E-state index contributed by atoms with van der Waals surface area (Å²) in [7, 11) is 1.79. The fourth-order valence-electron chi connectivity index (χ4n) is 3.37. The highest BCUT2D eigenvalue weighted by Gasteiger charge is 2.42. The van der Waals surface area contributed by atoms with E-state index in [1.54, 1.807) is 7.11 Å². The molecule has 1 saturated heterocycles. The molecule has 0 bridgehead atoms. The largest absolute Gasteiger partial charge is 0.390 e. The molecule has 2 aliphatic rings. The Morgan fingerprint density at radius 3 is 2.83 bits per heavy atom. The second kappa shape index (κ2) is 5.48. The summed E-state index contributed by atoms with van der Waals surface area (Å²) in [5.41, 5.74) is -0.369. The molecule has 1 heterocycles. The molecule has 18 heavy (non-hydrogen) atoms. The number of rotatable bonds is 4. The third kappa shape index (κ3) is 3.25. The number of hydrogen-bond acceptors (Lipinski definition) is 3. The summed E-state index contributed by atoms with van der Waals surface area (Å²) in [5, 5.41) is 10.6. The molecule has 1 N–H and O–H groups in total. The van der Waals surface area contributed by atoms with Gasteiger partial charge in [0.1, 0.15) is 0 Å². The van der Waals surface area contributed by atoms with Crippen molar-refractivity contribution in [3.8, 4) is 0 Å². The molecule has 0 radical (unpaired) electrons. The smallest absolute Gasteiger partial charge is 0.0700 e. The number of fused-ring (bicyclic) bond motifs is 1. The number of ether oxygens (including phenoxy) is 1. The van der Waals surface area contributed by atoms with Gasteiger partial charge in [0.15, 0.2) is 0 Å². The zero-order valence-electron chi connectivity index (χ0n) is 12.2. The van der Waals surface area contributed by atoms with Gasteiger partial charge in [-0.3, -0.25) is 0 Å². The second-order valence-electron chi connectivity index (χ2n) is 6.81. The maximum Gasteiger partial charge on any atom is 0.0700 e. The van der Waals surface area contributed by atoms with Crippen LogP contribution in [-0.4, -0.2) is 48.0 Å². The molecule has 2 atom stereocenters. The molecule has 3 nitrogen and oxygen atoms in total. The van der Waals surface area contributed by atoms with Crippen LogP contribution in [0.3, 0.4) is 0 Å². The molecule has 2 unspecified atom stereocenters. The first kappa shape index (κ1) is 14.3. The van der Waals surface area contributed by atoms with Gasteiger partial charge >= 0.3 is 0 Å². The van der Waals surface area contributed by atoms with Crippen molar-refractivity contribution < 1.29 is 9.84 Å². The third-order valence-electron chi connectivity index (χ3n) is 5.09. The molecule has 0 amide bonds. The highest BCUT2D eigenvalue weighted by Crippen LogP contribution is 2.39. The van der Waals surface area contributed by atoms with Crippen molar-refractivity contribution in [1.29, 1.82) is 0 Å². The fourth-order valence-corrected chi connectivity index (χ4v) is 3.37. The Balaban J connectivity index is 1.83. The monoisotopic (exact) mass is 255 g/mol. The number of aliphatic hydroxyl groups is 1. The van der Waals surface area contributed by atoms with Crippen LogP contribution in [0.4, 0.5) is 0 Å². The number of nitrogens with zero attached hydrogens (tertiary/aromatic N) is 1. The molecular formula is C15H29NO2. The fraction of sp³-hybridized carbons (Fsp3) is 1.00. The summed E-state index contributed by atoms with van der Waals surface area (Å²) in [5.74, 6) is 0.505. The van der Waals surface area contributed by atoms with E-state index >= 15 is 0 Å². The molecule has 3 heteroatoms. The van der Waals surface area contributed by atoms with Crippen LogP contribution >= 0.6 is 0 Å². The minimum absolute atomic E-state index is 0.0275. The Labute approximate surface area is 112 Å². The summed E-state index contributed by atoms with van der Waals surface area (Å²) in [6.07, 6.45) is 6.77. The molecule has 0 aromatic carbocycles. The SMILES string of the molecule is COC(C)(C)CCN1CCC2(O)CCCCC2C1. The lowest BCUT2D eigenvalue weighted by Crippen LogP contribution is -2.53. The quantitative estimate of drug-likeness (QED) is 0.837. The van der Waals surface area contributed by atoms with Crippen LogP contribution in [0.15, 0.2) is 0 Å². The van der Waals surface area contributed by atoms with E-state index in [1.165, 1.54) is 19.3 Å². The van der Waals surface area contributed by atoms with Gasteiger partial charge in [-0.2, -0.15) is 0 Å². The Bertz CT molecular complexity index is 280. The Hall–Kier alpha value is -0.120. The second-order valence-corrected chi connectivity index (χ2v) is 6.81. The zero-order valence-corrected chi connectivity index (χ0v) is 12.2. The van der Waals surface area contributed by atoms with Crippen LogP contribution in [0.25, 0.3) is 0 Å². The van der Waals surface area contributed by atoms with E-state index in [0.29, 0.717) is 5.92 Å². The molecule has 1 aliphatic carbocycles. The summed E-state index contributed by atoms with van der Waals surface area (Å²) in [6.45, 7) is 7.51. The molecule has 1 aliphatic heterocycles. The highest BCUT2D eigenvalue weighted by atomic mass is 16.5. The molecule has 2 fully saturated rings. The van der Waals surface area contributed by atoms with Gasteiger partial charge in [-0.05, 0) is 39.5 Å². The van der Waals surface area contributed by atoms with Crippen LogP contribution < -0.4 is 0 Å². The third-order valence-corrected chi connectivity index (χ3v) is 5.09. The lowest BCUT2D eigenvalue weighted by Gasteiger charge is -2.47. The molecule has 2 rings (SSSR count). The van der Waals surface area contributed by atoms with Gasteiger partial charge in [-0.15, -0.1) is 0 Å². The zero-order chi connectivity index (χ0) is 13.2. The van der Waals surface area contributed by atoms with E-state index in [2.05, 4.69) is 18.7 Å². The van der Waals surface area contributed by atoms with E-state index in [1.807, 2.05) is 0 Å². The van der Waals surface area contributed by atoms with Gasteiger partial charge in [0.25, 0.3) is 0 Å². The molecule has 106 valence electrons. The summed E-state index contributed by atoms with van der Waals surface area (Å²) in [4.78, 5) is 2.52. The first-order valence-corrected chi connectivity index (χ1v) is 7.45. The molecule has 0 aromatic heterocycles. The summed E-state index contributed by atoms with van der Waals surface area (Å²) < 4.78 is 5.48. The molecule has 0 aromatic rings. The number of methoxy groups -OCH3 is 1. The standard InChI is InChI=1S/C15H29NO2/c1-14(2,18-3)8-10-16-11-9-15(17)7-5-4-6-13(15)12-16/h13,17H,4-12H2,1-3H3. The molecule has 0 spiro atoms. The van der Waals surface area contributed by atoms with E-state index in [4.69, 9.17) is 4.74 Å². The maximum atomic E-state index is 10.6. The van der Waals surface area contributed by atoms with Crippen molar-refractivity contribution in [2.24, 2.45) is 5.92 Å². The lowest BCUT2D eigenvalue weighted by atomic mass is 9.71. The molecule has 1 saturated carbocycles. The van der Waals surface area contributed by atoms with Crippen LogP contribution in [0.5, 0.6) is 0 Å². The van der Waals surface area contributed by atoms with Crippen molar-refractivity contribution in [1.82, 2.24) is 4.90 Å². The highest BCUT2D eigenvalue weighted by molar-refractivity contribution is 4.95. The van der Waals surface area contributed by atoms with Crippen molar-refractivity contribution in [3.63, 3.8) is 0 Å². The first-order valence-electron chi connectivity index (χ1n) is 7.45. The van der Waals surface area contributed by atoms with E-state index in [0.717, 1.165) is 38.9 Å². The maximum absolute atomic E-state index is 10.6. The first-order chi connectivity index (χ1) is 8.45. The normalized spacial score (nSPS) is 34.3. The topological polar surface area (TPSA) is 32.7 Å². The van der Waals surface area contributed by atoms with Crippen molar-refractivity contribution >= 4 is 0 Å². The van der Waals surface area contributed by atoms with Crippen LogP contribution in [0.2, 0.25) is 0 Å². The van der Waals surface area contributed by atoms with Gasteiger partial charge < -0.3 is 14.7 Å². The van der Waals surface area contributed by atoms with Crippen molar-refractivity contribution in [2.45, 2.75) is 63.6 Å². The van der Waals surface area contributed by atoms with Gasteiger partial charge in [0.05, 0.1) is 11.2 Å². The Morgan fingerprint density at radius 1 is 1.33 bits per heavy atom. The van der Waals surface area contributed by atoms with E-state index in [-0.39, 0.29) is 11.2 Å². The van der Waals surface area contributed by atoms with Crippen molar-refractivity contribution in [2.75, 3.05) is 26.7 Å². The number of piperidine rings is 1. The van der Waals surface area contributed by atoms with E-state index in [9.17, 15) is 5.11 Å². The van der Waals surface area contributed by atoms with Gasteiger partial charge in [0.2, 0.25) is 0 Å². The minimum Gasteiger partial charge on any atom is -0.390 e. The van der Waals surface area contributed by atoms with Crippen LogP contribution in [0, 0.1) is 5.92 Å². The average molecular weight is 255 g/mol. The molecular weight excluding hydrogens is 226 g/mol. The van der Waals surface area contributed by atoms with Crippen LogP contribution in [0.1, 0.15) is 52.4 Å². The lowest BCUT2D eigenvalue weighted by molar-refractivity contribution is -0.0983. The van der Waals surface area contributed by atoms with Gasteiger partial charge in [0, 0.05) is 32.7 Å². The predicted molar refractivity (Wildman–Crippen MR) is 73.7 cm³/mol. The Morgan fingerprint density at radius 2 is 2.11 bits per heavy atom. The minimum atomic E-state index is -0.342. The van der Waals surface area contributed by atoms with E-state index < -0.39 is 0 Å². The van der Waals surface area contributed by atoms with Crippen molar-refractivity contribution in [3.05, 3.63) is 0 Å². The number of hydrogen-bond donors (Lipinski definition) is 1. The number of likely N-dealkylation sites (tertiary alicyclic amines) is 1. The van der Waals surface area contributed by atoms with Crippen LogP contribution in [-0.2, 0) is 4.74 Å². The van der Waals surface area contributed by atoms with Gasteiger partial charge in [-0.25, -0.2) is 0 Å². The predicted octanol–water partition coefficient (Wildman–Crippen LogP) is 2.43. The average Bonchev–Trinajstić information content (AvgIpc) is 2.36.